The van der Waals surface area contributed by atoms with Gasteiger partial charge < -0.3 is 15.4 Å². The van der Waals surface area contributed by atoms with Crippen molar-refractivity contribution < 1.29 is 9.53 Å². The summed E-state index contributed by atoms with van der Waals surface area (Å²) in [7, 11) is 1.86. The first-order valence-electron chi connectivity index (χ1n) is 6.14. The van der Waals surface area contributed by atoms with Gasteiger partial charge in [0.25, 0.3) is 0 Å². The van der Waals surface area contributed by atoms with Gasteiger partial charge in [0.2, 0.25) is 5.91 Å². The lowest BCUT2D eigenvalue weighted by Gasteiger charge is -2.37. The third kappa shape index (κ3) is 3.86. The van der Waals surface area contributed by atoms with Crippen LogP contribution in [0.25, 0.3) is 0 Å². The zero-order chi connectivity index (χ0) is 12.9. The van der Waals surface area contributed by atoms with Crippen molar-refractivity contribution >= 4 is 17.7 Å². The van der Waals surface area contributed by atoms with Gasteiger partial charge in [-0.05, 0) is 38.2 Å². The highest BCUT2D eigenvalue weighted by molar-refractivity contribution is 7.98. The highest BCUT2D eigenvalue weighted by Crippen LogP contribution is 2.21. The highest BCUT2D eigenvalue weighted by Gasteiger charge is 2.38. The summed E-state index contributed by atoms with van der Waals surface area (Å²) >= 11 is 1.80. The van der Waals surface area contributed by atoms with Gasteiger partial charge in [0.15, 0.2) is 0 Å². The molecule has 1 fully saturated rings. The number of ether oxygens (including phenoxy) is 1. The summed E-state index contributed by atoms with van der Waals surface area (Å²) in [6, 6.07) is 0.248. The van der Waals surface area contributed by atoms with Gasteiger partial charge >= 0.3 is 0 Å². The number of likely N-dealkylation sites (N-methyl/N-ethyl adjacent to an activating group) is 1. The predicted octanol–water partition coefficient (Wildman–Crippen LogP) is 1.09. The second kappa shape index (κ2) is 6.61. The van der Waals surface area contributed by atoms with Gasteiger partial charge in [-0.15, -0.1) is 0 Å². The molecule has 0 aromatic heterocycles. The van der Waals surface area contributed by atoms with Crippen LogP contribution in [0.4, 0.5) is 0 Å². The van der Waals surface area contributed by atoms with Crippen LogP contribution in [0.1, 0.15) is 26.2 Å². The predicted molar refractivity (Wildman–Crippen MR) is 72.2 cm³/mol. The summed E-state index contributed by atoms with van der Waals surface area (Å²) in [6.07, 6.45) is 4.35. The van der Waals surface area contributed by atoms with Gasteiger partial charge in [0.05, 0.1) is 5.54 Å². The number of amides is 1. The van der Waals surface area contributed by atoms with E-state index in [0.717, 1.165) is 12.2 Å². The van der Waals surface area contributed by atoms with E-state index in [-0.39, 0.29) is 11.9 Å². The molecule has 0 radical (unpaired) electrons. The topological polar surface area (TPSA) is 55.6 Å². The number of carbonyl (C=O) groups is 1. The molecule has 1 aliphatic heterocycles. The molecule has 1 aliphatic rings. The normalized spacial score (nSPS) is 20.9. The molecule has 4 nitrogen and oxygen atoms in total. The van der Waals surface area contributed by atoms with Crippen LogP contribution in [0.3, 0.4) is 0 Å². The van der Waals surface area contributed by atoms with Crippen LogP contribution in [0, 0.1) is 0 Å². The summed E-state index contributed by atoms with van der Waals surface area (Å²) in [6.45, 7) is 3.27. The van der Waals surface area contributed by atoms with Crippen LogP contribution in [-0.4, -0.2) is 54.7 Å². The zero-order valence-electron chi connectivity index (χ0n) is 11.1. The number of carbonyl (C=O) groups excluding carboxylic acids is 1. The Labute approximate surface area is 108 Å². The van der Waals surface area contributed by atoms with Crippen molar-refractivity contribution in [3.8, 4) is 0 Å². The molecule has 1 rings (SSSR count). The molecule has 100 valence electrons. The van der Waals surface area contributed by atoms with E-state index in [1.54, 1.807) is 11.8 Å². The number of hydrogen-bond donors (Lipinski definition) is 1. The van der Waals surface area contributed by atoms with Gasteiger partial charge in [0, 0.05) is 26.3 Å². The molecule has 0 bridgehead atoms. The molecule has 0 saturated carbocycles. The SMILES string of the molecule is CSCCC(C)N(C)C(=O)C1(N)CCOCC1. The van der Waals surface area contributed by atoms with Crippen molar-refractivity contribution in [1.29, 1.82) is 0 Å². The van der Waals surface area contributed by atoms with Crippen LogP contribution in [0.5, 0.6) is 0 Å². The maximum Gasteiger partial charge on any atom is 0.242 e. The number of thioether (sulfide) groups is 1. The number of nitrogens with two attached hydrogens (primary N) is 1. The molecule has 5 heteroatoms. The fourth-order valence-corrected chi connectivity index (χ4v) is 2.56. The summed E-state index contributed by atoms with van der Waals surface area (Å²) in [4.78, 5) is 14.2. The monoisotopic (exact) mass is 260 g/mol. The molecule has 0 aromatic rings. The van der Waals surface area contributed by atoms with Crippen molar-refractivity contribution in [1.82, 2.24) is 4.90 Å². The lowest BCUT2D eigenvalue weighted by molar-refractivity contribution is -0.141. The van der Waals surface area contributed by atoms with Crippen molar-refractivity contribution in [2.24, 2.45) is 5.73 Å². The van der Waals surface area contributed by atoms with E-state index in [0.29, 0.717) is 26.1 Å². The smallest absolute Gasteiger partial charge is 0.242 e. The van der Waals surface area contributed by atoms with Crippen molar-refractivity contribution in [3.05, 3.63) is 0 Å². The Bertz CT molecular complexity index is 255. The van der Waals surface area contributed by atoms with Gasteiger partial charge in [-0.1, -0.05) is 0 Å². The molecule has 1 amide bonds. The fraction of sp³-hybridized carbons (Fsp3) is 0.917. The highest BCUT2D eigenvalue weighted by atomic mass is 32.2. The summed E-state index contributed by atoms with van der Waals surface area (Å²) in [5, 5.41) is 0. The number of nitrogens with zero attached hydrogens (tertiary/aromatic N) is 1. The molecular formula is C12H24N2O2S. The van der Waals surface area contributed by atoms with Crippen LogP contribution in [-0.2, 0) is 9.53 Å². The molecule has 0 spiro atoms. The second-order valence-corrected chi connectivity index (χ2v) is 5.80. The van der Waals surface area contributed by atoms with Gasteiger partial charge in [-0.2, -0.15) is 11.8 Å². The van der Waals surface area contributed by atoms with E-state index in [1.807, 2.05) is 11.9 Å². The Morgan fingerprint density at radius 3 is 2.65 bits per heavy atom. The summed E-state index contributed by atoms with van der Waals surface area (Å²) < 4.78 is 5.27. The van der Waals surface area contributed by atoms with Crippen LogP contribution in [0.15, 0.2) is 0 Å². The maximum absolute atomic E-state index is 12.4. The minimum Gasteiger partial charge on any atom is -0.381 e. The number of rotatable bonds is 5. The quantitative estimate of drug-likeness (QED) is 0.804. The van der Waals surface area contributed by atoms with Crippen molar-refractivity contribution in [2.75, 3.05) is 32.3 Å². The lowest BCUT2D eigenvalue weighted by Crippen LogP contribution is -2.58. The first-order valence-corrected chi connectivity index (χ1v) is 7.53. The van der Waals surface area contributed by atoms with Crippen molar-refractivity contribution in [2.45, 2.75) is 37.8 Å². The van der Waals surface area contributed by atoms with Crippen LogP contribution < -0.4 is 5.73 Å². The Hall–Kier alpha value is -0.260. The molecular weight excluding hydrogens is 236 g/mol. The number of hydrogen-bond acceptors (Lipinski definition) is 4. The van der Waals surface area contributed by atoms with E-state index in [9.17, 15) is 4.79 Å². The average Bonchev–Trinajstić information content (AvgIpc) is 2.35. The molecule has 2 N–H and O–H groups in total. The zero-order valence-corrected chi connectivity index (χ0v) is 11.9. The van der Waals surface area contributed by atoms with E-state index in [1.165, 1.54) is 0 Å². The molecule has 1 saturated heterocycles. The Morgan fingerprint density at radius 1 is 1.53 bits per heavy atom. The van der Waals surface area contributed by atoms with Crippen LogP contribution >= 0.6 is 11.8 Å². The largest absolute Gasteiger partial charge is 0.381 e. The Kier molecular flexibility index (Phi) is 5.76. The van der Waals surface area contributed by atoms with E-state index >= 15 is 0 Å². The van der Waals surface area contributed by atoms with Gasteiger partial charge in [-0.25, -0.2) is 0 Å². The fourth-order valence-electron chi connectivity index (χ4n) is 1.98. The van der Waals surface area contributed by atoms with E-state index in [4.69, 9.17) is 10.5 Å². The molecule has 1 heterocycles. The van der Waals surface area contributed by atoms with Gasteiger partial charge in [-0.3, -0.25) is 4.79 Å². The van der Waals surface area contributed by atoms with Gasteiger partial charge in [0.1, 0.15) is 0 Å². The van der Waals surface area contributed by atoms with Crippen molar-refractivity contribution in [3.63, 3.8) is 0 Å². The Balaban J connectivity index is 2.55. The summed E-state index contributed by atoms with van der Waals surface area (Å²) in [5.41, 5.74) is 5.49. The van der Waals surface area contributed by atoms with E-state index < -0.39 is 5.54 Å². The van der Waals surface area contributed by atoms with Crippen LogP contribution in [0.2, 0.25) is 0 Å². The molecule has 0 aromatic carbocycles. The lowest BCUT2D eigenvalue weighted by atomic mass is 9.89. The maximum atomic E-state index is 12.4. The first kappa shape index (κ1) is 14.8. The molecule has 0 aliphatic carbocycles. The molecule has 1 atom stereocenters. The average molecular weight is 260 g/mol. The first-order chi connectivity index (χ1) is 8.01. The third-order valence-corrected chi connectivity index (χ3v) is 4.18. The minimum atomic E-state index is -0.708. The Morgan fingerprint density at radius 2 is 2.12 bits per heavy atom. The second-order valence-electron chi connectivity index (χ2n) is 4.82. The molecule has 1 unspecified atom stereocenters. The third-order valence-electron chi connectivity index (χ3n) is 3.53. The standard InChI is InChI=1S/C12H24N2O2S/c1-10(4-9-17-3)14(2)11(15)12(13)5-7-16-8-6-12/h10H,4-9,13H2,1-3H3. The molecule has 17 heavy (non-hydrogen) atoms. The van der Waals surface area contributed by atoms with E-state index in [2.05, 4.69) is 13.2 Å². The minimum absolute atomic E-state index is 0.0643. The summed E-state index contributed by atoms with van der Waals surface area (Å²) in [5.74, 6) is 1.13.